The molecule has 2 amide bonds. The first-order chi connectivity index (χ1) is 11.5. The number of aromatic nitrogens is 5. The molecule has 0 aromatic carbocycles. The molecule has 0 aliphatic carbocycles. The Bertz CT molecular complexity index is 695. The molecule has 130 valence electrons. The number of hydrogen-bond acceptors (Lipinski definition) is 7. The summed E-state index contributed by atoms with van der Waals surface area (Å²) in [5.41, 5.74) is 0.129. The van der Waals surface area contributed by atoms with Gasteiger partial charge in [0.05, 0.1) is 6.20 Å². The molecular formula is C14H21N7O2S. The molecule has 2 rings (SSSR count). The molecule has 1 N–H and O–H groups in total. The predicted molar refractivity (Wildman–Crippen MR) is 89.8 cm³/mol. The van der Waals surface area contributed by atoms with Gasteiger partial charge < -0.3 is 4.90 Å². The fourth-order valence-corrected chi connectivity index (χ4v) is 2.63. The van der Waals surface area contributed by atoms with E-state index in [1.165, 1.54) is 27.1 Å². The number of unbranched alkanes of at least 4 members (excludes halogenated alkanes) is 2. The summed E-state index contributed by atoms with van der Waals surface area (Å²) in [4.78, 5) is 25.2. The minimum Gasteiger partial charge on any atom is -0.347 e. The van der Waals surface area contributed by atoms with Crippen LogP contribution in [0.2, 0.25) is 0 Å². The Kier molecular flexibility index (Phi) is 6.36. The van der Waals surface area contributed by atoms with Gasteiger partial charge in [0, 0.05) is 20.5 Å². The van der Waals surface area contributed by atoms with Crippen LogP contribution in [0, 0.1) is 0 Å². The van der Waals surface area contributed by atoms with Crippen molar-refractivity contribution in [3.8, 4) is 0 Å². The van der Waals surface area contributed by atoms with Crippen LogP contribution in [0.4, 0.5) is 5.13 Å². The molecule has 2 aromatic heterocycles. The van der Waals surface area contributed by atoms with Gasteiger partial charge >= 0.3 is 0 Å². The summed E-state index contributed by atoms with van der Waals surface area (Å²) in [6, 6.07) is 0. The van der Waals surface area contributed by atoms with Crippen LogP contribution in [-0.4, -0.2) is 56.0 Å². The minimum atomic E-state index is -0.421. The first kappa shape index (κ1) is 18.0. The number of aryl methyl sites for hydroxylation is 1. The van der Waals surface area contributed by atoms with Crippen LogP contribution in [0.3, 0.4) is 0 Å². The summed E-state index contributed by atoms with van der Waals surface area (Å²) in [6.07, 6.45) is 5.65. The predicted octanol–water partition coefficient (Wildman–Crippen LogP) is 1.20. The number of nitrogens with zero attached hydrogens (tertiary/aromatic N) is 6. The van der Waals surface area contributed by atoms with Crippen molar-refractivity contribution in [1.29, 1.82) is 0 Å². The quantitative estimate of drug-likeness (QED) is 0.716. The third-order valence-electron chi connectivity index (χ3n) is 3.25. The van der Waals surface area contributed by atoms with Crippen molar-refractivity contribution >= 4 is 28.3 Å². The largest absolute Gasteiger partial charge is 0.347 e. The Morgan fingerprint density at radius 1 is 1.25 bits per heavy atom. The standard InChI is InChI=1S/C14H21N7O2S/c1-4-5-6-7-11-17-18-14(24-11)15-13(23)10-8-21(19-16-10)9-12(22)20(2)3/h8H,4-7,9H2,1-3H3,(H,15,18,23). The molecule has 0 radical (unpaired) electrons. The molecule has 0 atom stereocenters. The van der Waals surface area contributed by atoms with E-state index in [-0.39, 0.29) is 18.1 Å². The van der Waals surface area contributed by atoms with Gasteiger partial charge in [0.15, 0.2) is 5.69 Å². The maximum absolute atomic E-state index is 12.1. The van der Waals surface area contributed by atoms with E-state index in [2.05, 4.69) is 32.7 Å². The second-order valence-electron chi connectivity index (χ2n) is 5.50. The van der Waals surface area contributed by atoms with Crippen molar-refractivity contribution < 1.29 is 9.59 Å². The van der Waals surface area contributed by atoms with Crippen LogP contribution >= 0.6 is 11.3 Å². The van der Waals surface area contributed by atoms with Gasteiger partial charge in [-0.1, -0.05) is 36.3 Å². The Morgan fingerprint density at radius 2 is 2.04 bits per heavy atom. The molecule has 0 spiro atoms. The van der Waals surface area contributed by atoms with E-state index in [1.54, 1.807) is 14.1 Å². The topological polar surface area (TPSA) is 106 Å². The number of hydrogen-bond donors (Lipinski definition) is 1. The number of likely N-dealkylation sites (N-methyl/N-ethyl adjacent to an activating group) is 1. The molecule has 0 unspecified atom stereocenters. The van der Waals surface area contributed by atoms with E-state index < -0.39 is 5.91 Å². The molecule has 0 bridgehead atoms. The second kappa shape index (κ2) is 8.48. The van der Waals surface area contributed by atoms with Gasteiger partial charge in [0.25, 0.3) is 5.91 Å². The summed E-state index contributed by atoms with van der Waals surface area (Å²) < 4.78 is 1.33. The van der Waals surface area contributed by atoms with Crippen LogP contribution in [0.25, 0.3) is 0 Å². The Morgan fingerprint density at radius 3 is 2.75 bits per heavy atom. The summed E-state index contributed by atoms with van der Waals surface area (Å²) in [7, 11) is 3.31. The lowest BCUT2D eigenvalue weighted by Gasteiger charge is -2.08. The van der Waals surface area contributed by atoms with E-state index in [0.29, 0.717) is 5.13 Å². The number of anilines is 1. The molecule has 2 heterocycles. The van der Waals surface area contributed by atoms with Crippen LogP contribution in [0.15, 0.2) is 6.20 Å². The third-order valence-corrected chi connectivity index (χ3v) is 4.15. The maximum atomic E-state index is 12.1. The normalized spacial score (nSPS) is 10.6. The monoisotopic (exact) mass is 351 g/mol. The smallest absolute Gasteiger partial charge is 0.279 e. The van der Waals surface area contributed by atoms with Gasteiger partial charge in [-0.15, -0.1) is 15.3 Å². The van der Waals surface area contributed by atoms with Gasteiger partial charge in [0.2, 0.25) is 11.0 Å². The summed E-state index contributed by atoms with van der Waals surface area (Å²) in [5.74, 6) is -0.553. The van der Waals surface area contributed by atoms with E-state index in [0.717, 1.165) is 30.7 Å². The average molecular weight is 351 g/mol. The number of rotatable bonds is 8. The molecular weight excluding hydrogens is 330 g/mol. The molecule has 0 aliphatic heterocycles. The molecule has 2 aromatic rings. The summed E-state index contributed by atoms with van der Waals surface area (Å²) in [5, 5.41) is 19.6. The van der Waals surface area contributed by atoms with Crippen molar-refractivity contribution in [2.75, 3.05) is 19.4 Å². The highest BCUT2D eigenvalue weighted by atomic mass is 32.1. The number of nitrogens with one attached hydrogen (secondary N) is 1. The highest BCUT2D eigenvalue weighted by Crippen LogP contribution is 2.18. The zero-order chi connectivity index (χ0) is 17.5. The van der Waals surface area contributed by atoms with Crippen LogP contribution < -0.4 is 5.32 Å². The van der Waals surface area contributed by atoms with Crippen molar-refractivity contribution in [3.05, 3.63) is 16.9 Å². The SMILES string of the molecule is CCCCCc1nnc(NC(=O)c2cn(CC(=O)N(C)C)nn2)s1. The highest BCUT2D eigenvalue weighted by Gasteiger charge is 2.15. The van der Waals surface area contributed by atoms with Gasteiger partial charge in [0.1, 0.15) is 11.6 Å². The molecule has 0 fully saturated rings. The lowest BCUT2D eigenvalue weighted by molar-refractivity contribution is -0.129. The van der Waals surface area contributed by atoms with E-state index >= 15 is 0 Å². The summed E-state index contributed by atoms with van der Waals surface area (Å²) in [6.45, 7) is 2.18. The molecule has 0 aliphatic rings. The molecule has 0 saturated heterocycles. The van der Waals surface area contributed by atoms with Crippen molar-refractivity contribution in [2.45, 2.75) is 39.2 Å². The number of amides is 2. The highest BCUT2D eigenvalue weighted by molar-refractivity contribution is 7.15. The first-order valence-electron chi connectivity index (χ1n) is 7.73. The maximum Gasteiger partial charge on any atom is 0.279 e. The van der Waals surface area contributed by atoms with Crippen molar-refractivity contribution in [2.24, 2.45) is 0 Å². The van der Waals surface area contributed by atoms with E-state index in [1.807, 2.05) is 0 Å². The Labute approximate surface area is 144 Å². The Hall–Kier alpha value is -2.36. The molecule has 10 heteroatoms. The second-order valence-corrected chi connectivity index (χ2v) is 6.56. The number of carbonyl (C=O) groups excluding carboxylic acids is 2. The van der Waals surface area contributed by atoms with E-state index in [9.17, 15) is 9.59 Å². The van der Waals surface area contributed by atoms with Crippen molar-refractivity contribution in [3.63, 3.8) is 0 Å². The first-order valence-corrected chi connectivity index (χ1v) is 8.55. The van der Waals surface area contributed by atoms with Crippen molar-refractivity contribution in [1.82, 2.24) is 30.1 Å². The van der Waals surface area contributed by atoms with Gasteiger partial charge in [-0.3, -0.25) is 14.9 Å². The molecule has 24 heavy (non-hydrogen) atoms. The van der Waals surface area contributed by atoms with Crippen LogP contribution in [0.1, 0.15) is 41.7 Å². The zero-order valence-electron chi connectivity index (χ0n) is 14.0. The third kappa shape index (κ3) is 5.08. The Balaban J connectivity index is 1.90. The van der Waals surface area contributed by atoms with Gasteiger partial charge in [-0.25, -0.2) is 4.68 Å². The summed E-state index contributed by atoms with van der Waals surface area (Å²) >= 11 is 1.36. The molecule has 9 nitrogen and oxygen atoms in total. The van der Waals surface area contributed by atoms with Gasteiger partial charge in [-0.05, 0) is 6.42 Å². The lowest BCUT2D eigenvalue weighted by atomic mass is 10.2. The van der Waals surface area contributed by atoms with Crippen LogP contribution in [-0.2, 0) is 17.8 Å². The van der Waals surface area contributed by atoms with Crippen LogP contribution in [0.5, 0.6) is 0 Å². The fraction of sp³-hybridized carbons (Fsp3) is 0.571. The lowest BCUT2D eigenvalue weighted by Crippen LogP contribution is -2.26. The van der Waals surface area contributed by atoms with E-state index in [4.69, 9.17) is 0 Å². The molecule has 0 saturated carbocycles. The minimum absolute atomic E-state index is 0.0354. The zero-order valence-corrected chi connectivity index (χ0v) is 14.8. The number of carbonyl (C=O) groups is 2. The average Bonchev–Trinajstić information content (AvgIpc) is 3.17. The fourth-order valence-electron chi connectivity index (χ4n) is 1.85. The van der Waals surface area contributed by atoms with Gasteiger partial charge in [-0.2, -0.15) is 0 Å².